The molecular weight excluding hydrogens is 343 g/mol. The summed E-state index contributed by atoms with van der Waals surface area (Å²) in [6, 6.07) is 17.5. The lowest BCUT2D eigenvalue weighted by atomic mass is 10.1. The molecule has 0 saturated carbocycles. The third-order valence-corrected chi connectivity index (χ3v) is 3.98. The first-order valence-electron chi connectivity index (χ1n) is 8.54. The van der Waals surface area contributed by atoms with Crippen molar-refractivity contribution in [2.24, 2.45) is 0 Å². The number of carbonyl (C=O) groups is 1. The van der Waals surface area contributed by atoms with Gasteiger partial charge in [-0.3, -0.25) is 4.79 Å². The highest BCUT2D eigenvalue weighted by Gasteiger charge is 2.05. The summed E-state index contributed by atoms with van der Waals surface area (Å²) in [5.74, 6) is 0.190. The molecule has 0 aliphatic carbocycles. The van der Waals surface area contributed by atoms with Crippen molar-refractivity contribution in [3.63, 3.8) is 0 Å². The van der Waals surface area contributed by atoms with E-state index in [4.69, 9.17) is 0 Å². The molecule has 0 saturated heterocycles. The zero-order chi connectivity index (χ0) is 19.2. The molecule has 2 N–H and O–H groups in total. The zero-order valence-electron chi connectivity index (χ0n) is 15.2. The molecule has 0 unspecified atom stereocenters. The highest BCUT2D eigenvalue weighted by Crippen LogP contribution is 2.20. The first-order valence-corrected chi connectivity index (χ1v) is 8.54. The average molecular weight is 364 g/mol. The van der Waals surface area contributed by atoms with Gasteiger partial charge >= 0.3 is 0 Å². The van der Waals surface area contributed by atoms with Crippen molar-refractivity contribution in [1.82, 2.24) is 4.98 Å². The third kappa shape index (κ3) is 5.28. The predicted octanol–water partition coefficient (Wildman–Crippen LogP) is 4.21. The van der Waals surface area contributed by atoms with Crippen LogP contribution in [0.2, 0.25) is 0 Å². The highest BCUT2D eigenvalue weighted by atomic mass is 19.1. The third-order valence-electron chi connectivity index (χ3n) is 3.98. The van der Waals surface area contributed by atoms with Crippen molar-refractivity contribution in [3.8, 4) is 0 Å². The second-order valence-corrected chi connectivity index (χ2v) is 6.35. The van der Waals surface area contributed by atoms with Crippen LogP contribution >= 0.6 is 0 Å². The summed E-state index contributed by atoms with van der Waals surface area (Å²) in [6.07, 6.45) is 1.78. The van der Waals surface area contributed by atoms with E-state index in [1.807, 2.05) is 43.3 Å². The van der Waals surface area contributed by atoms with Crippen LogP contribution in [0.15, 0.2) is 66.9 Å². The molecule has 0 radical (unpaired) electrons. The maximum atomic E-state index is 12.9. The van der Waals surface area contributed by atoms with Gasteiger partial charge in [0.2, 0.25) is 5.91 Å². The summed E-state index contributed by atoms with van der Waals surface area (Å²) in [4.78, 5) is 18.4. The molecule has 1 amide bonds. The topological polar surface area (TPSA) is 57.3 Å². The van der Waals surface area contributed by atoms with Crippen molar-refractivity contribution < 1.29 is 9.18 Å². The fraction of sp³-hybridized carbons (Fsp3) is 0.143. The SMILES string of the molecule is CN(C)c1ccc(Nc2ccc(NC(=O)Cc3ccc(F)cc3)cn2)cc1. The number of halogens is 1. The Morgan fingerprint density at radius 3 is 2.22 bits per heavy atom. The van der Waals surface area contributed by atoms with E-state index in [0.717, 1.165) is 16.9 Å². The molecule has 2 aromatic carbocycles. The van der Waals surface area contributed by atoms with E-state index in [2.05, 4.69) is 15.6 Å². The Kier molecular flexibility index (Phi) is 5.66. The van der Waals surface area contributed by atoms with Gasteiger partial charge in [-0.1, -0.05) is 12.1 Å². The fourth-order valence-electron chi connectivity index (χ4n) is 2.53. The monoisotopic (exact) mass is 364 g/mol. The number of amides is 1. The number of benzene rings is 2. The van der Waals surface area contributed by atoms with Gasteiger partial charge in [-0.15, -0.1) is 0 Å². The Balaban J connectivity index is 1.56. The normalized spacial score (nSPS) is 10.3. The second-order valence-electron chi connectivity index (χ2n) is 6.35. The van der Waals surface area contributed by atoms with E-state index in [1.54, 1.807) is 30.5 Å². The summed E-state index contributed by atoms with van der Waals surface area (Å²) < 4.78 is 12.9. The molecule has 6 heteroatoms. The zero-order valence-corrected chi connectivity index (χ0v) is 15.2. The van der Waals surface area contributed by atoms with Gasteiger partial charge in [0.1, 0.15) is 11.6 Å². The van der Waals surface area contributed by atoms with Crippen molar-refractivity contribution in [2.75, 3.05) is 29.6 Å². The predicted molar refractivity (Wildman–Crippen MR) is 107 cm³/mol. The number of nitrogens with zero attached hydrogens (tertiary/aromatic N) is 2. The van der Waals surface area contributed by atoms with Gasteiger partial charge in [-0.05, 0) is 54.1 Å². The second kappa shape index (κ2) is 8.31. The molecule has 3 rings (SSSR count). The number of aromatic nitrogens is 1. The number of pyridine rings is 1. The molecule has 27 heavy (non-hydrogen) atoms. The molecule has 0 aliphatic rings. The van der Waals surface area contributed by atoms with E-state index in [1.165, 1.54) is 12.1 Å². The summed E-state index contributed by atoms with van der Waals surface area (Å²) in [7, 11) is 3.99. The van der Waals surface area contributed by atoms with E-state index in [9.17, 15) is 9.18 Å². The number of hydrogen-bond acceptors (Lipinski definition) is 4. The van der Waals surface area contributed by atoms with Crippen molar-refractivity contribution in [3.05, 3.63) is 78.2 Å². The standard InChI is InChI=1S/C21H21FN4O/c1-26(2)19-10-7-17(8-11-19)24-20-12-9-18(14-23-20)25-21(27)13-15-3-5-16(22)6-4-15/h3-12,14H,13H2,1-2H3,(H,23,24)(H,25,27). The lowest BCUT2D eigenvalue weighted by Gasteiger charge is -2.13. The minimum absolute atomic E-state index is 0.177. The largest absolute Gasteiger partial charge is 0.378 e. The summed E-state index contributed by atoms with van der Waals surface area (Å²) in [6.45, 7) is 0. The smallest absolute Gasteiger partial charge is 0.228 e. The minimum atomic E-state index is -0.317. The van der Waals surface area contributed by atoms with Crippen LogP contribution in [0.4, 0.5) is 27.3 Å². The maximum Gasteiger partial charge on any atom is 0.228 e. The number of anilines is 4. The van der Waals surface area contributed by atoms with Crippen LogP contribution in [0.25, 0.3) is 0 Å². The van der Waals surface area contributed by atoms with Crippen LogP contribution in [0.3, 0.4) is 0 Å². The van der Waals surface area contributed by atoms with Gasteiger partial charge < -0.3 is 15.5 Å². The molecule has 5 nitrogen and oxygen atoms in total. The van der Waals surface area contributed by atoms with Crippen molar-refractivity contribution in [1.29, 1.82) is 0 Å². The Labute approximate surface area is 157 Å². The van der Waals surface area contributed by atoms with Crippen LogP contribution in [0.5, 0.6) is 0 Å². The molecule has 0 fully saturated rings. The van der Waals surface area contributed by atoms with Crippen molar-refractivity contribution in [2.45, 2.75) is 6.42 Å². The Hall–Kier alpha value is -3.41. The molecular formula is C21H21FN4O. The highest BCUT2D eigenvalue weighted by molar-refractivity contribution is 5.92. The molecule has 138 valence electrons. The summed E-state index contributed by atoms with van der Waals surface area (Å²) >= 11 is 0. The van der Waals surface area contributed by atoms with Gasteiger partial charge in [0, 0.05) is 25.5 Å². The van der Waals surface area contributed by atoms with E-state index in [0.29, 0.717) is 11.5 Å². The molecule has 0 spiro atoms. The molecule has 0 aliphatic heterocycles. The number of nitrogens with one attached hydrogen (secondary N) is 2. The van der Waals surface area contributed by atoms with Crippen LogP contribution in [-0.2, 0) is 11.2 Å². The quantitative estimate of drug-likeness (QED) is 0.688. The summed E-state index contributed by atoms with van der Waals surface area (Å²) in [5, 5.41) is 6.01. The van der Waals surface area contributed by atoms with Crippen LogP contribution < -0.4 is 15.5 Å². The molecule has 1 aromatic heterocycles. The molecule has 1 heterocycles. The Morgan fingerprint density at radius 1 is 0.963 bits per heavy atom. The van der Waals surface area contributed by atoms with E-state index < -0.39 is 0 Å². The van der Waals surface area contributed by atoms with Crippen LogP contribution in [-0.4, -0.2) is 25.0 Å². The average Bonchev–Trinajstić information content (AvgIpc) is 2.66. The Morgan fingerprint density at radius 2 is 1.63 bits per heavy atom. The number of hydrogen-bond donors (Lipinski definition) is 2. The maximum absolute atomic E-state index is 12.9. The molecule has 3 aromatic rings. The van der Waals surface area contributed by atoms with Crippen LogP contribution in [0, 0.1) is 5.82 Å². The Bertz CT molecular complexity index is 891. The fourth-order valence-corrected chi connectivity index (χ4v) is 2.53. The van der Waals surface area contributed by atoms with E-state index in [-0.39, 0.29) is 18.1 Å². The van der Waals surface area contributed by atoms with Gasteiger partial charge in [0.15, 0.2) is 0 Å². The van der Waals surface area contributed by atoms with Gasteiger partial charge in [0.25, 0.3) is 0 Å². The van der Waals surface area contributed by atoms with E-state index >= 15 is 0 Å². The van der Waals surface area contributed by atoms with Gasteiger partial charge in [-0.25, -0.2) is 9.37 Å². The van der Waals surface area contributed by atoms with Gasteiger partial charge in [-0.2, -0.15) is 0 Å². The van der Waals surface area contributed by atoms with Crippen LogP contribution in [0.1, 0.15) is 5.56 Å². The number of carbonyl (C=O) groups excluding carboxylic acids is 1. The lowest BCUT2D eigenvalue weighted by Crippen LogP contribution is -2.14. The first-order chi connectivity index (χ1) is 13.0. The van der Waals surface area contributed by atoms with Crippen molar-refractivity contribution >= 4 is 28.8 Å². The van der Waals surface area contributed by atoms with Gasteiger partial charge in [0.05, 0.1) is 18.3 Å². The lowest BCUT2D eigenvalue weighted by molar-refractivity contribution is -0.115. The minimum Gasteiger partial charge on any atom is -0.378 e. The summed E-state index contributed by atoms with van der Waals surface area (Å²) in [5.41, 5.74) is 3.41. The number of rotatable bonds is 6. The first kappa shape index (κ1) is 18.4. The molecule has 0 atom stereocenters. The molecule has 0 bridgehead atoms.